The Morgan fingerprint density at radius 3 is 2.78 bits per heavy atom. The Balaban J connectivity index is 1.37. The molecular weight excluding hydrogens is 487 g/mol. The highest BCUT2D eigenvalue weighted by atomic mass is 19.4. The van der Waals surface area contributed by atoms with Gasteiger partial charge in [-0.15, -0.1) is 0 Å². The summed E-state index contributed by atoms with van der Waals surface area (Å²) in [5.41, 5.74) is 2.90. The number of aryl methyl sites for hydroxylation is 2. The third-order valence-corrected chi connectivity index (χ3v) is 6.59. The maximum Gasteiger partial charge on any atom is 0.416 e. The van der Waals surface area contributed by atoms with Crippen molar-refractivity contribution in [1.82, 2.24) is 30.0 Å². The van der Waals surface area contributed by atoms with Gasteiger partial charge in [0.1, 0.15) is 0 Å². The highest BCUT2D eigenvalue weighted by molar-refractivity contribution is 5.95. The lowest BCUT2D eigenvalue weighted by atomic mass is 10.1. The molecule has 5 rings (SSSR count). The number of amides is 1. The van der Waals surface area contributed by atoms with Crippen LogP contribution in [-0.4, -0.2) is 69.9 Å². The van der Waals surface area contributed by atoms with Crippen molar-refractivity contribution < 1.29 is 22.7 Å². The number of ether oxygens (including phenoxy) is 1. The Labute approximate surface area is 212 Å². The van der Waals surface area contributed by atoms with Crippen LogP contribution < -0.4 is 10.6 Å². The van der Waals surface area contributed by atoms with E-state index in [0.717, 1.165) is 55.0 Å². The van der Waals surface area contributed by atoms with Crippen molar-refractivity contribution in [2.75, 3.05) is 44.7 Å². The van der Waals surface area contributed by atoms with E-state index in [1.807, 2.05) is 0 Å². The monoisotopic (exact) mass is 515 g/mol. The number of anilines is 2. The summed E-state index contributed by atoms with van der Waals surface area (Å²) in [5, 5.41) is 10.4. The molecule has 1 aromatic carbocycles. The minimum Gasteiger partial charge on any atom is -0.379 e. The van der Waals surface area contributed by atoms with E-state index in [4.69, 9.17) is 4.74 Å². The first-order valence-electron chi connectivity index (χ1n) is 12.2. The van der Waals surface area contributed by atoms with Crippen molar-refractivity contribution in [3.63, 3.8) is 0 Å². The molecule has 0 saturated carbocycles. The summed E-state index contributed by atoms with van der Waals surface area (Å²) in [6.45, 7) is 4.35. The predicted molar refractivity (Wildman–Crippen MR) is 131 cm³/mol. The van der Waals surface area contributed by atoms with Crippen molar-refractivity contribution in [2.24, 2.45) is 7.05 Å². The smallest absolute Gasteiger partial charge is 0.379 e. The molecule has 0 atom stereocenters. The molecule has 2 N–H and O–H groups in total. The normalized spacial score (nSPS) is 16.0. The van der Waals surface area contributed by atoms with Gasteiger partial charge in [0.25, 0.3) is 5.91 Å². The summed E-state index contributed by atoms with van der Waals surface area (Å²) in [5.74, 6) is -0.0615. The molecule has 1 amide bonds. The number of hydrogen-bond acceptors (Lipinski definition) is 7. The zero-order chi connectivity index (χ0) is 26.0. The van der Waals surface area contributed by atoms with Crippen LogP contribution in [0, 0.1) is 0 Å². The highest BCUT2D eigenvalue weighted by Crippen LogP contribution is 2.34. The summed E-state index contributed by atoms with van der Waals surface area (Å²) >= 11 is 0. The lowest BCUT2D eigenvalue weighted by Gasteiger charge is -2.26. The van der Waals surface area contributed by atoms with Gasteiger partial charge in [-0.1, -0.05) is 6.07 Å². The summed E-state index contributed by atoms with van der Waals surface area (Å²) in [7, 11) is 1.76. The molecule has 1 aliphatic carbocycles. The van der Waals surface area contributed by atoms with E-state index in [0.29, 0.717) is 44.0 Å². The quantitative estimate of drug-likeness (QED) is 0.521. The maximum atomic E-state index is 13.1. The van der Waals surface area contributed by atoms with Crippen LogP contribution in [0.3, 0.4) is 0 Å². The van der Waals surface area contributed by atoms with Crippen molar-refractivity contribution in [2.45, 2.75) is 25.4 Å². The molecule has 0 unspecified atom stereocenters. The number of carbonyl (C=O) groups excluding carboxylic acids is 1. The van der Waals surface area contributed by atoms with Crippen LogP contribution in [0.25, 0.3) is 11.4 Å². The second kappa shape index (κ2) is 10.5. The minimum atomic E-state index is -4.45. The molecule has 0 bridgehead atoms. The second-order valence-electron chi connectivity index (χ2n) is 9.13. The third-order valence-electron chi connectivity index (χ3n) is 6.59. The van der Waals surface area contributed by atoms with Crippen molar-refractivity contribution in [3.05, 3.63) is 52.8 Å². The van der Waals surface area contributed by atoms with Crippen molar-refractivity contribution >= 4 is 17.5 Å². The average molecular weight is 516 g/mol. The van der Waals surface area contributed by atoms with Crippen molar-refractivity contribution in [1.29, 1.82) is 0 Å². The van der Waals surface area contributed by atoms with Gasteiger partial charge in [0.2, 0.25) is 5.95 Å². The SMILES string of the molecule is Cn1nc(C(=O)NCCN2CCOCC2)c2c1-c1nc(Nc3cccc(C(F)(F)F)c3)ncc1CCC2. The fourth-order valence-corrected chi connectivity index (χ4v) is 4.73. The second-order valence-corrected chi connectivity index (χ2v) is 9.13. The van der Waals surface area contributed by atoms with Crippen LogP contribution in [0.4, 0.5) is 24.8 Å². The Morgan fingerprint density at radius 1 is 1.19 bits per heavy atom. The fourth-order valence-electron chi connectivity index (χ4n) is 4.73. The van der Waals surface area contributed by atoms with Gasteiger partial charge < -0.3 is 15.4 Å². The minimum absolute atomic E-state index is 0.170. The van der Waals surface area contributed by atoms with Crippen LogP contribution in [0.5, 0.6) is 0 Å². The number of nitrogens with one attached hydrogen (secondary N) is 2. The molecule has 3 heterocycles. The number of aromatic nitrogens is 4. The Bertz CT molecular complexity index is 1290. The van der Waals surface area contributed by atoms with Gasteiger partial charge in [0.15, 0.2) is 5.69 Å². The van der Waals surface area contributed by atoms with Gasteiger partial charge in [0, 0.05) is 50.7 Å². The molecule has 1 saturated heterocycles. The maximum absolute atomic E-state index is 13.1. The number of carbonyl (C=O) groups is 1. The highest BCUT2D eigenvalue weighted by Gasteiger charge is 2.31. The van der Waals surface area contributed by atoms with Crippen molar-refractivity contribution in [3.8, 4) is 11.4 Å². The summed E-state index contributed by atoms with van der Waals surface area (Å²) in [6, 6.07) is 4.89. The van der Waals surface area contributed by atoms with Gasteiger partial charge in [0.05, 0.1) is 30.2 Å². The number of alkyl halides is 3. The molecule has 3 aromatic rings. The van der Waals surface area contributed by atoms with Gasteiger partial charge in [-0.2, -0.15) is 18.3 Å². The zero-order valence-electron chi connectivity index (χ0n) is 20.4. The Hall–Kier alpha value is -3.51. The molecular formula is C25H28F3N7O2. The van der Waals surface area contributed by atoms with E-state index in [-0.39, 0.29) is 17.5 Å². The molecule has 1 aliphatic heterocycles. The molecule has 37 heavy (non-hydrogen) atoms. The molecule has 0 spiro atoms. The molecule has 0 radical (unpaired) electrons. The standard InChI is InChI=1S/C25H28F3N7O2/c1-34-22-19(21(33-34)23(36)29-8-9-35-10-12-37-13-11-35)7-2-4-16-15-30-24(32-20(16)22)31-18-6-3-5-17(14-18)25(26,27)28/h3,5-6,14-15H,2,4,7-13H2,1H3,(H,29,36)(H,30,31,32). The first kappa shape index (κ1) is 25.2. The third kappa shape index (κ3) is 5.59. The average Bonchev–Trinajstić information content (AvgIpc) is 3.08. The van der Waals surface area contributed by atoms with E-state index in [2.05, 4.69) is 30.6 Å². The topological polar surface area (TPSA) is 97.2 Å². The molecule has 9 nitrogen and oxygen atoms in total. The van der Waals surface area contributed by atoms with E-state index < -0.39 is 11.7 Å². The van der Waals surface area contributed by atoms with Crippen LogP contribution in [0.15, 0.2) is 30.5 Å². The van der Waals surface area contributed by atoms with E-state index in [1.54, 1.807) is 17.9 Å². The molecule has 2 aromatic heterocycles. The van der Waals surface area contributed by atoms with Crippen LogP contribution in [-0.2, 0) is 30.8 Å². The van der Waals surface area contributed by atoms with E-state index in [1.165, 1.54) is 12.1 Å². The number of halogens is 3. The zero-order valence-corrected chi connectivity index (χ0v) is 20.4. The number of benzene rings is 1. The predicted octanol–water partition coefficient (Wildman–Crippen LogP) is 3.19. The number of rotatable bonds is 6. The molecule has 1 fully saturated rings. The van der Waals surface area contributed by atoms with Crippen LogP contribution in [0.1, 0.15) is 33.6 Å². The van der Waals surface area contributed by atoms with E-state index >= 15 is 0 Å². The Kier molecular flexibility index (Phi) is 7.11. The first-order valence-corrected chi connectivity index (χ1v) is 12.2. The molecule has 2 aliphatic rings. The Morgan fingerprint density at radius 2 is 2.00 bits per heavy atom. The van der Waals surface area contributed by atoms with Gasteiger partial charge in [-0.3, -0.25) is 14.4 Å². The number of fused-ring (bicyclic) bond motifs is 3. The molecule has 12 heteroatoms. The number of hydrogen-bond donors (Lipinski definition) is 2. The van der Waals surface area contributed by atoms with Gasteiger partial charge in [-0.25, -0.2) is 9.97 Å². The fraction of sp³-hybridized carbons (Fsp3) is 0.440. The summed E-state index contributed by atoms with van der Waals surface area (Å²) in [6.07, 6.45) is -0.602. The number of nitrogens with zero attached hydrogens (tertiary/aromatic N) is 5. The lowest BCUT2D eigenvalue weighted by molar-refractivity contribution is -0.137. The van der Waals surface area contributed by atoms with Gasteiger partial charge >= 0.3 is 6.18 Å². The summed E-state index contributed by atoms with van der Waals surface area (Å²) in [4.78, 5) is 24.3. The first-order chi connectivity index (χ1) is 17.8. The summed E-state index contributed by atoms with van der Waals surface area (Å²) < 4.78 is 46.4. The van der Waals surface area contributed by atoms with Crippen LogP contribution >= 0.6 is 0 Å². The largest absolute Gasteiger partial charge is 0.416 e. The van der Waals surface area contributed by atoms with Crippen LogP contribution in [0.2, 0.25) is 0 Å². The van der Waals surface area contributed by atoms with Gasteiger partial charge in [-0.05, 0) is 43.0 Å². The lowest BCUT2D eigenvalue weighted by Crippen LogP contribution is -2.41. The molecule has 196 valence electrons. The van der Waals surface area contributed by atoms with E-state index in [9.17, 15) is 18.0 Å². The number of morpholine rings is 1.